The third-order valence-electron chi connectivity index (χ3n) is 2.28. The van der Waals surface area contributed by atoms with Gasteiger partial charge in [-0.1, -0.05) is 15.9 Å². The van der Waals surface area contributed by atoms with Gasteiger partial charge in [0.2, 0.25) is 5.91 Å². The third-order valence-corrected chi connectivity index (χ3v) is 2.79. The molecule has 4 heteroatoms. The Morgan fingerprint density at radius 3 is 2.33 bits per heavy atom. The first-order valence-corrected chi connectivity index (χ1v) is 5.11. The highest BCUT2D eigenvalue weighted by molar-refractivity contribution is 9.09. The van der Waals surface area contributed by atoms with E-state index in [0.29, 0.717) is 5.33 Å². The fourth-order valence-electron chi connectivity index (χ4n) is 1.47. The maximum Gasteiger partial charge on any atom is 0.217 e. The van der Waals surface area contributed by atoms with Crippen LogP contribution in [0.3, 0.4) is 0 Å². The van der Waals surface area contributed by atoms with Gasteiger partial charge in [-0.05, 0) is 19.3 Å². The van der Waals surface area contributed by atoms with Crippen molar-refractivity contribution in [2.24, 2.45) is 0 Å². The number of alkyl halides is 1. The number of ketones is 1. The van der Waals surface area contributed by atoms with Crippen LogP contribution in [0.25, 0.3) is 0 Å². The summed E-state index contributed by atoms with van der Waals surface area (Å²) >= 11 is 3.11. The Morgan fingerprint density at radius 1 is 1.50 bits per heavy atom. The van der Waals surface area contributed by atoms with Crippen LogP contribution >= 0.6 is 15.9 Å². The van der Waals surface area contributed by atoms with Crippen molar-refractivity contribution in [3.05, 3.63) is 0 Å². The van der Waals surface area contributed by atoms with Gasteiger partial charge in [-0.3, -0.25) is 9.59 Å². The summed E-state index contributed by atoms with van der Waals surface area (Å²) in [7, 11) is 0. The van der Waals surface area contributed by atoms with E-state index in [1.165, 1.54) is 6.92 Å². The van der Waals surface area contributed by atoms with E-state index < -0.39 is 5.54 Å². The lowest BCUT2D eigenvalue weighted by molar-refractivity contribution is -0.132. The van der Waals surface area contributed by atoms with E-state index in [2.05, 4.69) is 21.2 Å². The molecule has 0 aromatic heterocycles. The molecule has 1 fully saturated rings. The van der Waals surface area contributed by atoms with Gasteiger partial charge in [-0.2, -0.15) is 0 Å². The van der Waals surface area contributed by atoms with Crippen molar-refractivity contribution in [1.29, 1.82) is 0 Å². The molecule has 1 aliphatic carbocycles. The fourth-order valence-corrected chi connectivity index (χ4v) is 2.01. The lowest BCUT2D eigenvalue weighted by Crippen LogP contribution is -2.59. The highest BCUT2D eigenvalue weighted by Crippen LogP contribution is 2.33. The van der Waals surface area contributed by atoms with Crippen molar-refractivity contribution in [3.63, 3.8) is 0 Å². The van der Waals surface area contributed by atoms with Crippen molar-refractivity contribution in [1.82, 2.24) is 5.32 Å². The number of rotatable bonds is 3. The molecule has 1 aliphatic rings. The zero-order valence-electron chi connectivity index (χ0n) is 7.02. The van der Waals surface area contributed by atoms with Crippen LogP contribution in [0, 0.1) is 0 Å². The number of carbonyl (C=O) groups is 2. The maximum atomic E-state index is 11.4. The number of Topliss-reactive ketones (excluding diaryl/α,β-unsaturated/α-hetero) is 1. The van der Waals surface area contributed by atoms with Gasteiger partial charge in [-0.15, -0.1) is 0 Å². The normalized spacial score (nSPS) is 19.5. The zero-order valence-corrected chi connectivity index (χ0v) is 8.61. The number of hydrogen-bond donors (Lipinski definition) is 1. The van der Waals surface area contributed by atoms with Crippen molar-refractivity contribution in [2.45, 2.75) is 31.7 Å². The molecule has 0 saturated heterocycles. The molecule has 3 nitrogen and oxygen atoms in total. The molecule has 1 saturated carbocycles. The second-order valence-corrected chi connectivity index (χ2v) is 3.73. The lowest BCUT2D eigenvalue weighted by atomic mass is 9.74. The minimum Gasteiger partial charge on any atom is -0.344 e. The smallest absolute Gasteiger partial charge is 0.217 e. The SMILES string of the molecule is CC(=O)NC1(C(=O)CBr)CCC1. The van der Waals surface area contributed by atoms with E-state index in [-0.39, 0.29) is 11.7 Å². The average Bonchev–Trinajstić information content (AvgIpc) is 1.95. The van der Waals surface area contributed by atoms with Crippen molar-refractivity contribution < 1.29 is 9.59 Å². The Balaban J connectivity index is 2.62. The summed E-state index contributed by atoms with van der Waals surface area (Å²) in [6.45, 7) is 1.45. The zero-order chi connectivity index (χ0) is 9.19. The molecule has 0 bridgehead atoms. The third kappa shape index (κ3) is 1.68. The fraction of sp³-hybridized carbons (Fsp3) is 0.750. The second kappa shape index (κ2) is 3.56. The molecule has 12 heavy (non-hydrogen) atoms. The predicted octanol–water partition coefficient (Wildman–Crippen LogP) is 1.01. The molecule has 0 aromatic rings. The van der Waals surface area contributed by atoms with Crippen LogP contribution in [0.1, 0.15) is 26.2 Å². The molecule has 0 unspecified atom stereocenters. The topological polar surface area (TPSA) is 46.2 Å². The standard InChI is InChI=1S/C8H12BrNO2/c1-6(11)10-8(3-2-4-8)7(12)5-9/h2-5H2,1H3,(H,10,11). The van der Waals surface area contributed by atoms with Crippen LogP contribution in [-0.2, 0) is 9.59 Å². The molecule has 1 N–H and O–H groups in total. The summed E-state index contributed by atoms with van der Waals surface area (Å²) in [4.78, 5) is 22.2. The molecule has 0 heterocycles. The first-order chi connectivity index (χ1) is 5.60. The maximum absolute atomic E-state index is 11.4. The molecule has 1 amide bonds. The monoisotopic (exact) mass is 233 g/mol. The van der Waals surface area contributed by atoms with Crippen molar-refractivity contribution in [3.8, 4) is 0 Å². The Hall–Kier alpha value is -0.380. The van der Waals surface area contributed by atoms with Gasteiger partial charge in [0.25, 0.3) is 0 Å². The van der Waals surface area contributed by atoms with Gasteiger partial charge in [0.05, 0.1) is 10.9 Å². The predicted molar refractivity (Wildman–Crippen MR) is 49.2 cm³/mol. The van der Waals surface area contributed by atoms with Gasteiger partial charge in [0.1, 0.15) is 0 Å². The molecule has 0 spiro atoms. The summed E-state index contributed by atoms with van der Waals surface area (Å²) in [5, 5.41) is 3.05. The van der Waals surface area contributed by atoms with Crippen LogP contribution in [0.15, 0.2) is 0 Å². The van der Waals surface area contributed by atoms with Crippen LogP contribution < -0.4 is 5.32 Å². The summed E-state index contributed by atoms with van der Waals surface area (Å²) in [5.74, 6) is -0.0343. The summed E-state index contributed by atoms with van der Waals surface area (Å²) in [6.07, 6.45) is 2.60. The van der Waals surface area contributed by atoms with E-state index in [0.717, 1.165) is 19.3 Å². The number of carbonyl (C=O) groups excluding carboxylic acids is 2. The molecule has 0 aromatic carbocycles. The van der Waals surface area contributed by atoms with E-state index in [4.69, 9.17) is 0 Å². The van der Waals surface area contributed by atoms with Crippen LogP contribution in [0.4, 0.5) is 0 Å². The number of nitrogens with one attached hydrogen (secondary N) is 1. The lowest BCUT2D eigenvalue weighted by Gasteiger charge is -2.40. The number of amides is 1. The first-order valence-electron chi connectivity index (χ1n) is 3.99. The summed E-state index contributed by atoms with van der Waals surface area (Å²) in [5.41, 5.74) is -0.532. The van der Waals surface area contributed by atoms with Gasteiger partial charge in [0, 0.05) is 6.92 Å². The second-order valence-electron chi connectivity index (χ2n) is 3.17. The molecular formula is C8H12BrNO2. The Kier molecular flexibility index (Phi) is 2.88. The quantitative estimate of drug-likeness (QED) is 0.740. The molecule has 0 aliphatic heterocycles. The van der Waals surface area contributed by atoms with Gasteiger partial charge in [-0.25, -0.2) is 0 Å². The summed E-state index contributed by atoms with van der Waals surface area (Å²) in [6, 6.07) is 0. The highest BCUT2D eigenvalue weighted by Gasteiger charge is 2.43. The van der Waals surface area contributed by atoms with Crippen molar-refractivity contribution in [2.75, 3.05) is 5.33 Å². The summed E-state index contributed by atoms with van der Waals surface area (Å²) < 4.78 is 0. The molecule has 68 valence electrons. The molecular weight excluding hydrogens is 222 g/mol. The minimum atomic E-state index is -0.532. The van der Waals surface area contributed by atoms with E-state index in [1.807, 2.05) is 0 Å². The Morgan fingerprint density at radius 2 is 2.08 bits per heavy atom. The van der Waals surface area contributed by atoms with Crippen LogP contribution in [0.5, 0.6) is 0 Å². The van der Waals surface area contributed by atoms with Crippen molar-refractivity contribution >= 4 is 27.6 Å². The Labute approximate surface area is 80.0 Å². The van der Waals surface area contributed by atoms with E-state index in [1.54, 1.807) is 0 Å². The van der Waals surface area contributed by atoms with Gasteiger partial charge >= 0.3 is 0 Å². The largest absolute Gasteiger partial charge is 0.344 e. The molecule has 0 radical (unpaired) electrons. The number of hydrogen-bond acceptors (Lipinski definition) is 2. The van der Waals surface area contributed by atoms with E-state index >= 15 is 0 Å². The Bertz CT molecular complexity index is 211. The minimum absolute atomic E-state index is 0.0870. The highest BCUT2D eigenvalue weighted by atomic mass is 79.9. The van der Waals surface area contributed by atoms with Crippen LogP contribution in [-0.4, -0.2) is 22.6 Å². The molecule has 0 atom stereocenters. The van der Waals surface area contributed by atoms with Gasteiger partial charge < -0.3 is 5.32 Å². The molecule has 1 rings (SSSR count). The number of halogens is 1. The average molecular weight is 234 g/mol. The van der Waals surface area contributed by atoms with Gasteiger partial charge in [0.15, 0.2) is 5.78 Å². The van der Waals surface area contributed by atoms with E-state index in [9.17, 15) is 9.59 Å². The van der Waals surface area contributed by atoms with Crippen LogP contribution in [0.2, 0.25) is 0 Å². The first kappa shape index (κ1) is 9.71.